The molecule has 0 atom stereocenters. The fourth-order valence-electron chi connectivity index (χ4n) is 4.59. The van der Waals surface area contributed by atoms with Crippen molar-refractivity contribution in [2.75, 3.05) is 0 Å². The summed E-state index contributed by atoms with van der Waals surface area (Å²) >= 11 is 0. The van der Waals surface area contributed by atoms with Crippen molar-refractivity contribution in [3.8, 4) is 0 Å². The Morgan fingerprint density at radius 2 is 0.566 bits per heavy atom. The number of nitrogens with zero attached hydrogens (tertiary/aromatic N) is 4. The van der Waals surface area contributed by atoms with Crippen LogP contribution < -0.4 is 99.0 Å². The van der Waals surface area contributed by atoms with Crippen molar-refractivity contribution < 1.29 is 96.1 Å². The van der Waals surface area contributed by atoms with Crippen molar-refractivity contribution in [3.05, 3.63) is 194 Å². The van der Waals surface area contributed by atoms with Crippen LogP contribution in [0.3, 0.4) is 0 Å². The second kappa shape index (κ2) is 25.7. The molecule has 0 fully saturated rings. The number of fused-ring (bicyclic) bond motifs is 4. The standard InChI is InChI=1S/4C7H5N2.2C7H8.Mn.2Na/c4*1-2-6-3-5-9-7(6)8-4-1;2*1-7-5-3-2-4-6-7;;;/h4*1-5H;2*2-6H,1H3;;;/q4*-1;;;+2;2*+1/p+4. The molecule has 0 spiro atoms. The van der Waals surface area contributed by atoms with E-state index < -0.39 is 0 Å². The summed E-state index contributed by atoms with van der Waals surface area (Å²) in [4.78, 5) is 28.3. The first kappa shape index (κ1) is 44.9. The molecule has 8 heterocycles. The van der Waals surface area contributed by atoms with Gasteiger partial charge in [-0.05, 0) is 86.6 Å². The van der Waals surface area contributed by atoms with Gasteiger partial charge in [-0.3, -0.25) is 0 Å². The Bertz CT molecular complexity index is 1970. The number of H-pyrrole nitrogens is 4. The zero-order valence-corrected chi connectivity index (χ0v) is 35.7. The Hall–Kier alpha value is -4.28. The van der Waals surface area contributed by atoms with E-state index in [9.17, 15) is 0 Å². The smallest absolute Gasteiger partial charge is 0.346 e. The molecule has 8 aromatic heterocycles. The average molecular weight is 758 g/mol. The summed E-state index contributed by atoms with van der Waals surface area (Å²) in [6, 6.07) is 44.4. The van der Waals surface area contributed by atoms with Crippen molar-refractivity contribution in [1.82, 2.24) is 19.9 Å². The maximum Gasteiger partial charge on any atom is 2.00 e. The Labute approximate surface area is 364 Å². The van der Waals surface area contributed by atoms with E-state index in [4.69, 9.17) is 0 Å². The molecule has 11 heteroatoms. The first-order valence-corrected chi connectivity index (χ1v) is 16.2. The van der Waals surface area contributed by atoms with Gasteiger partial charge in [0.25, 0.3) is 0 Å². The molecule has 2 aromatic carbocycles. The van der Waals surface area contributed by atoms with Crippen molar-refractivity contribution in [1.29, 1.82) is 0 Å². The molecule has 0 aliphatic carbocycles. The number of aryl methyl sites for hydroxylation is 2. The summed E-state index contributed by atoms with van der Waals surface area (Å²) in [5.74, 6) is 0. The fraction of sp³-hybridized carbons (Fsp3) is 0.0476. The largest absolute Gasteiger partial charge is 2.00 e. The maximum atomic E-state index is 4.06. The SMILES string of the molecule is Cc1ccccc1.Cc1ccccc1.[Mn+2].[Na+].[Na+].c1c[nH+]c2[n-]ccc2c1.c1c[nH+]c2[n-]ccc2c1.c1c[nH+]c2[n-]ccc2c1.c1c[nH+]c2[n-]ccc2c1. The van der Waals surface area contributed by atoms with Crippen LogP contribution in [0.2, 0.25) is 0 Å². The van der Waals surface area contributed by atoms with Crippen molar-refractivity contribution in [2.45, 2.75) is 13.8 Å². The molecule has 0 saturated heterocycles. The quantitative estimate of drug-likeness (QED) is 0.209. The Morgan fingerprint density at radius 3 is 0.755 bits per heavy atom. The van der Waals surface area contributed by atoms with Gasteiger partial charge in [0.15, 0.2) is 0 Å². The van der Waals surface area contributed by atoms with Gasteiger partial charge in [0.05, 0.1) is 0 Å². The van der Waals surface area contributed by atoms with Gasteiger partial charge in [-0.2, -0.15) is 0 Å². The number of rotatable bonds is 0. The summed E-state index contributed by atoms with van der Waals surface area (Å²) in [5.41, 5.74) is 6.47. The number of aromatic nitrogens is 8. The normalized spacial score (nSPS) is 9.25. The predicted octanol–water partition coefficient (Wildman–Crippen LogP) is 0.440. The minimum absolute atomic E-state index is 0. The Balaban J connectivity index is 0.000000218. The van der Waals surface area contributed by atoms with Gasteiger partial charge in [-0.15, -0.1) is 0 Å². The predicted molar refractivity (Wildman–Crippen MR) is 198 cm³/mol. The van der Waals surface area contributed by atoms with Crippen LogP contribution in [-0.4, -0.2) is 0 Å². The molecule has 10 rings (SSSR count). The summed E-state index contributed by atoms with van der Waals surface area (Å²) < 4.78 is 0. The van der Waals surface area contributed by atoms with Gasteiger partial charge in [-0.1, -0.05) is 71.8 Å². The van der Waals surface area contributed by atoms with E-state index in [1.165, 1.54) is 11.1 Å². The molecular weight excluding hydrogens is 717 g/mol. The van der Waals surface area contributed by atoms with Gasteiger partial charge in [0.1, 0.15) is 22.6 Å². The molecule has 8 nitrogen and oxygen atoms in total. The van der Waals surface area contributed by atoms with Gasteiger partial charge in [0, 0.05) is 71.1 Å². The minimum atomic E-state index is 0. The Kier molecular flexibility index (Phi) is 21.7. The van der Waals surface area contributed by atoms with Crippen LogP contribution in [0.1, 0.15) is 11.1 Å². The third-order valence-electron chi connectivity index (χ3n) is 7.17. The van der Waals surface area contributed by atoms with Crippen molar-refractivity contribution in [3.63, 3.8) is 0 Å². The van der Waals surface area contributed by atoms with E-state index in [-0.39, 0.29) is 76.2 Å². The van der Waals surface area contributed by atoms with Gasteiger partial charge in [0.2, 0.25) is 0 Å². The van der Waals surface area contributed by atoms with E-state index >= 15 is 0 Å². The first-order chi connectivity index (χ1) is 24.7. The van der Waals surface area contributed by atoms with E-state index in [1.807, 2.05) is 134 Å². The van der Waals surface area contributed by atoms with Crippen LogP contribution in [0.25, 0.3) is 44.1 Å². The van der Waals surface area contributed by atoms with E-state index in [0.717, 1.165) is 44.1 Å². The molecule has 53 heavy (non-hydrogen) atoms. The van der Waals surface area contributed by atoms with Crippen LogP contribution in [0.5, 0.6) is 0 Å². The summed E-state index contributed by atoms with van der Waals surface area (Å²) in [7, 11) is 0. The van der Waals surface area contributed by atoms with E-state index in [0.29, 0.717) is 0 Å². The minimum Gasteiger partial charge on any atom is -0.346 e. The molecule has 0 saturated carbocycles. The molecule has 1 radical (unpaired) electrons. The number of hydrogen-bond acceptors (Lipinski definition) is 0. The van der Waals surface area contributed by atoms with Gasteiger partial charge < -0.3 is 19.9 Å². The fourth-order valence-corrected chi connectivity index (χ4v) is 4.59. The maximum absolute atomic E-state index is 4.06. The zero-order valence-electron chi connectivity index (χ0n) is 30.5. The molecule has 0 aliphatic heterocycles. The molecule has 4 N–H and O–H groups in total. The number of hydrogen-bond donors (Lipinski definition) is 0. The van der Waals surface area contributed by atoms with E-state index in [2.05, 4.69) is 78.0 Å². The molecular formula is C42H40MnN8Na2+4. The average Bonchev–Trinajstić information content (AvgIpc) is 4.00. The van der Waals surface area contributed by atoms with Crippen LogP contribution in [0.4, 0.5) is 0 Å². The topological polar surface area (TPSA) is 113 Å². The number of pyridine rings is 4. The van der Waals surface area contributed by atoms with Crippen LogP contribution in [0, 0.1) is 13.8 Å². The first-order valence-electron chi connectivity index (χ1n) is 16.2. The molecule has 0 unspecified atom stereocenters. The summed E-state index contributed by atoms with van der Waals surface area (Å²) in [6.45, 7) is 4.17. The van der Waals surface area contributed by atoms with Gasteiger partial charge in [-0.25, -0.2) is 19.9 Å². The number of nitrogens with one attached hydrogen (secondary N) is 4. The summed E-state index contributed by atoms with van der Waals surface area (Å²) in [5, 5.41) is 4.66. The van der Waals surface area contributed by atoms with Crippen molar-refractivity contribution in [2.24, 2.45) is 0 Å². The molecule has 10 aromatic rings. The second-order valence-corrected chi connectivity index (χ2v) is 11.0. The molecule has 0 aliphatic rings. The van der Waals surface area contributed by atoms with Gasteiger partial charge >= 0.3 is 76.2 Å². The van der Waals surface area contributed by atoms with E-state index in [1.54, 1.807) is 24.8 Å². The molecule has 0 amide bonds. The zero-order chi connectivity index (χ0) is 34.6. The van der Waals surface area contributed by atoms with Crippen LogP contribution >= 0.6 is 0 Å². The monoisotopic (exact) mass is 757 g/mol. The molecule has 0 bridgehead atoms. The summed E-state index contributed by atoms with van der Waals surface area (Å²) in [6.07, 6.45) is 14.7. The van der Waals surface area contributed by atoms with Crippen LogP contribution in [-0.2, 0) is 17.1 Å². The van der Waals surface area contributed by atoms with Crippen LogP contribution in [0.15, 0.2) is 183 Å². The second-order valence-electron chi connectivity index (χ2n) is 11.0. The number of benzene rings is 2. The third kappa shape index (κ3) is 15.7. The van der Waals surface area contributed by atoms with Crippen molar-refractivity contribution >= 4 is 44.1 Å². The Morgan fingerprint density at radius 1 is 0.321 bits per heavy atom. The molecule has 253 valence electrons. The number of aromatic amines is 4. The third-order valence-corrected chi connectivity index (χ3v) is 7.17.